The van der Waals surface area contributed by atoms with E-state index in [0.29, 0.717) is 39.6 Å². The maximum absolute atomic E-state index is 10.3. The third-order valence-electron chi connectivity index (χ3n) is 1.79. The number of nitrogens with two attached hydrogens (primary N) is 1. The summed E-state index contributed by atoms with van der Waals surface area (Å²) in [7, 11) is 1.61. The van der Waals surface area contributed by atoms with Gasteiger partial charge >= 0.3 is 5.97 Å². The summed E-state index contributed by atoms with van der Waals surface area (Å²) in [5, 5.41) is 8.46. The predicted octanol–water partition coefficient (Wildman–Crippen LogP) is -0.905. The number of hydrogen-bond acceptors (Lipinski definition) is 6. The van der Waals surface area contributed by atoms with Gasteiger partial charge in [0.25, 0.3) is 0 Å². The molecule has 0 bridgehead atoms. The Morgan fingerprint density at radius 3 is 2.00 bits per heavy atom. The second-order valence-corrected chi connectivity index (χ2v) is 3.24. The third-order valence-corrected chi connectivity index (χ3v) is 1.79. The third kappa shape index (κ3) is 11.5. The molecule has 3 N–H and O–H groups in total. The van der Waals surface area contributed by atoms with Crippen LogP contribution >= 0.6 is 0 Å². The molecule has 1 atom stereocenters. The molecular formula is C10H21NO6. The average Bonchev–Trinajstić information content (AvgIpc) is 2.31. The molecule has 1 unspecified atom stereocenters. The zero-order valence-corrected chi connectivity index (χ0v) is 10.1. The molecule has 0 spiro atoms. The van der Waals surface area contributed by atoms with Crippen molar-refractivity contribution in [3.8, 4) is 0 Å². The van der Waals surface area contributed by atoms with Crippen molar-refractivity contribution >= 4 is 5.97 Å². The van der Waals surface area contributed by atoms with E-state index in [2.05, 4.69) is 0 Å². The molecule has 0 saturated carbocycles. The second-order valence-electron chi connectivity index (χ2n) is 3.24. The lowest BCUT2D eigenvalue weighted by atomic mass is 10.3. The minimum atomic E-state index is -1.07. The quantitative estimate of drug-likeness (QED) is 0.433. The standard InChI is InChI=1S/C10H21NO6/c1-14-2-3-15-4-5-16-6-7-17-8-9(11)10(12)13/h9H,2-8,11H2,1H3,(H,12,13). The summed E-state index contributed by atoms with van der Waals surface area (Å²) in [6.07, 6.45) is 0. The smallest absolute Gasteiger partial charge is 0.322 e. The number of hydrogen-bond donors (Lipinski definition) is 2. The molecule has 0 saturated heterocycles. The first-order valence-electron chi connectivity index (χ1n) is 5.39. The van der Waals surface area contributed by atoms with Crippen molar-refractivity contribution in [2.75, 3.05) is 53.4 Å². The van der Waals surface area contributed by atoms with Gasteiger partial charge in [0.15, 0.2) is 0 Å². The van der Waals surface area contributed by atoms with Crippen LogP contribution in [0.1, 0.15) is 0 Å². The van der Waals surface area contributed by atoms with Crippen LogP contribution in [0.4, 0.5) is 0 Å². The highest BCUT2D eigenvalue weighted by atomic mass is 16.6. The lowest BCUT2D eigenvalue weighted by molar-refractivity contribution is -0.140. The number of carbonyl (C=O) groups is 1. The number of rotatable bonds is 12. The largest absolute Gasteiger partial charge is 0.480 e. The summed E-state index contributed by atoms with van der Waals surface area (Å²) in [6.45, 7) is 2.78. The van der Waals surface area contributed by atoms with Crippen molar-refractivity contribution < 1.29 is 28.8 Å². The normalized spacial score (nSPS) is 12.6. The van der Waals surface area contributed by atoms with E-state index in [1.807, 2.05) is 0 Å². The number of carboxylic acid groups (broad SMARTS) is 1. The van der Waals surface area contributed by atoms with E-state index in [-0.39, 0.29) is 6.61 Å². The van der Waals surface area contributed by atoms with Crippen LogP contribution in [0.2, 0.25) is 0 Å². The summed E-state index contributed by atoms with van der Waals surface area (Å²) in [5.74, 6) is -1.07. The molecule has 0 rings (SSSR count). The van der Waals surface area contributed by atoms with Gasteiger partial charge in [0.1, 0.15) is 6.04 Å². The van der Waals surface area contributed by atoms with Gasteiger partial charge in [-0.25, -0.2) is 0 Å². The minimum absolute atomic E-state index is 0.0109. The van der Waals surface area contributed by atoms with E-state index in [1.165, 1.54) is 0 Å². The molecule has 0 radical (unpaired) electrons. The highest BCUT2D eigenvalue weighted by molar-refractivity contribution is 5.73. The Morgan fingerprint density at radius 2 is 1.53 bits per heavy atom. The fraction of sp³-hybridized carbons (Fsp3) is 0.900. The zero-order valence-electron chi connectivity index (χ0n) is 10.1. The van der Waals surface area contributed by atoms with Crippen LogP contribution in [0.3, 0.4) is 0 Å². The Labute approximate surface area is 101 Å². The van der Waals surface area contributed by atoms with Crippen molar-refractivity contribution in [2.45, 2.75) is 6.04 Å². The SMILES string of the molecule is COCCOCCOCCOCC(N)C(=O)O. The van der Waals surface area contributed by atoms with Crippen molar-refractivity contribution in [2.24, 2.45) is 5.73 Å². The Kier molecular flexibility index (Phi) is 11.2. The molecule has 102 valence electrons. The van der Waals surface area contributed by atoms with Crippen molar-refractivity contribution in [3.05, 3.63) is 0 Å². The molecule has 0 fully saturated rings. The topological polar surface area (TPSA) is 100 Å². The van der Waals surface area contributed by atoms with Gasteiger partial charge in [0.05, 0.1) is 46.2 Å². The summed E-state index contributed by atoms with van der Waals surface area (Å²) in [4.78, 5) is 10.3. The van der Waals surface area contributed by atoms with Crippen LogP contribution in [0.15, 0.2) is 0 Å². The van der Waals surface area contributed by atoms with Gasteiger partial charge in [-0.3, -0.25) is 4.79 Å². The second kappa shape index (κ2) is 11.7. The zero-order chi connectivity index (χ0) is 12.9. The molecular weight excluding hydrogens is 230 g/mol. The number of ether oxygens (including phenoxy) is 4. The summed E-state index contributed by atoms with van der Waals surface area (Å²) in [5.41, 5.74) is 5.23. The van der Waals surface area contributed by atoms with E-state index in [0.717, 1.165) is 0 Å². The fourth-order valence-electron chi connectivity index (χ4n) is 0.864. The number of carboxylic acids is 1. The fourth-order valence-corrected chi connectivity index (χ4v) is 0.864. The van der Waals surface area contributed by atoms with Crippen LogP contribution in [0.5, 0.6) is 0 Å². The van der Waals surface area contributed by atoms with Crippen LogP contribution in [0.25, 0.3) is 0 Å². The number of methoxy groups -OCH3 is 1. The van der Waals surface area contributed by atoms with Gasteiger partial charge in [-0.05, 0) is 0 Å². The maximum atomic E-state index is 10.3. The minimum Gasteiger partial charge on any atom is -0.480 e. The van der Waals surface area contributed by atoms with E-state index >= 15 is 0 Å². The van der Waals surface area contributed by atoms with Crippen LogP contribution in [0, 0.1) is 0 Å². The highest BCUT2D eigenvalue weighted by Crippen LogP contribution is 1.84. The van der Waals surface area contributed by atoms with Crippen molar-refractivity contribution in [1.82, 2.24) is 0 Å². The molecule has 0 aliphatic heterocycles. The molecule has 0 aromatic carbocycles. The van der Waals surface area contributed by atoms with Crippen molar-refractivity contribution in [1.29, 1.82) is 0 Å². The van der Waals surface area contributed by atoms with Crippen LogP contribution in [-0.2, 0) is 23.7 Å². The Bertz CT molecular complexity index is 190. The van der Waals surface area contributed by atoms with Gasteiger partial charge in [-0.2, -0.15) is 0 Å². The van der Waals surface area contributed by atoms with Crippen molar-refractivity contribution in [3.63, 3.8) is 0 Å². The average molecular weight is 251 g/mol. The molecule has 0 amide bonds. The van der Waals surface area contributed by atoms with Crippen LogP contribution in [-0.4, -0.2) is 70.5 Å². The summed E-state index contributed by atoms with van der Waals surface area (Å²) < 4.78 is 20.1. The van der Waals surface area contributed by atoms with Gasteiger partial charge in [0.2, 0.25) is 0 Å². The summed E-state index contributed by atoms with van der Waals surface area (Å²) >= 11 is 0. The van der Waals surface area contributed by atoms with Gasteiger partial charge in [0, 0.05) is 7.11 Å². The molecule has 0 heterocycles. The molecule has 7 heteroatoms. The molecule has 0 aliphatic carbocycles. The lowest BCUT2D eigenvalue weighted by Gasteiger charge is -2.08. The predicted molar refractivity (Wildman–Crippen MR) is 59.9 cm³/mol. The van der Waals surface area contributed by atoms with Gasteiger partial charge in [-0.15, -0.1) is 0 Å². The molecule has 0 aromatic rings. The van der Waals surface area contributed by atoms with E-state index in [1.54, 1.807) is 7.11 Å². The molecule has 17 heavy (non-hydrogen) atoms. The summed E-state index contributed by atoms with van der Waals surface area (Å²) in [6, 6.07) is -0.979. The van der Waals surface area contributed by atoms with E-state index in [9.17, 15) is 4.79 Å². The molecule has 0 aromatic heterocycles. The molecule has 7 nitrogen and oxygen atoms in total. The molecule has 0 aliphatic rings. The Balaban J connectivity index is 3.06. The van der Waals surface area contributed by atoms with Crippen LogP contribution < -0.4 is 5.73 Å². The monoisotopic (exact) mass is 251 g/mol. The Hall–Kier alpha value is -0.730. The first kappa shape index (κ1) is 16.3. The number of aliphatic carboxylic acids is 1. The van der Waals surface area contributed by atoms with E-state index < -0.39 is 12.0 Å². The maximum Gasteiger partial charge on any atom is 0.322 e. The van der Waals surface area contributed by atoms with Gasteiger partial charge < -0.3 is 29.8 Å². The first-order valence-corrected chi connectivity index (χ1v) is 5.39. The first-order chi connectivity index (χ1) is 8.18. The van der Waals surface area contributed by atoms with Gasteiger partial charge in [-0.1, -0.05) is 0 Å². The highest BCUT2D eigenvalue weighted by Gasteiger charge is 2.10. The van der Waals surface area contributed by atoms with E-state index in [4.69, 9.17) is 29.8 Å². The lowest BCUT2D eigenvalue weighted by Crippen LogP contribution is -2.35. The Morgan fingerprint density at radius 1 is 1.06 bits per heavy atom.